The molecule has 8 heteroatoms. The van der Waals surface area contributed by atoms with Crippen molar-refractivity contribution < 1.29 is 4.39 Å². The van der Waals surface area contributed by atoms with Crippen LogP contribution in [-0.2, 0) is 0 Å². The SMILES string of the molecule is Nc1cc(Nc2c(Cl)cc(F)cc2Cl)nc(N)n1. The lowest BCUT2D eigenvalue weighted by Gasteiger charge is -2.10. The Morgan fingerprint density at radius 2 is 1.67 bits per heavy atom. The highest BCUT2D eigenvalue weighted by Gasteiger charge is 2.10. The molecule has 0 atom stereocenters. The van der Waals surface area contributed by atoms with Crippen molar-refractivity contribution in [2.24, 2.45) is 0 Å². The molecule has 0 saturated carbocycles. The van der Waals surface area contributed by atoms with Gasteiger partial charge >= 0.3 is 0 Å². The fraction of sp³-hybridized carbons (Fsp3) is 0. The molecule has 0 fully saturated rings. The number of hydrogen-bond donors (Lipinski definition) is 3. The summed E-state index contributed by atoms with van der Waals surface area (Å²) in [7, 11) is 0. The number of aromatic nitrogens is 2. The molecule has 94 valence electrons. The minimum atomic E-state index is -0.530. The lowest BCUT2D eigenvalue weighted by Crippen LogP contribution is -2.03. The van der Waals surface area contributed by atoms with Crippen molar-refractivity contribution >= 4 is 46.5 Å². The molecule has 0 aliphatic carbocycles. The zero-order valence-corrected chi connectivity index (χ0v) is 10.4. The molecule has 0 amide bonds. The first-order valence-electron chi connectivity index (χ1n) is 4.77. The lowest BCUT2D eigenvalue weighted by atomic mass is 10.3. The first-order valence-corrected chi connectivity index (χ1v) is 5.53. The maximum absolute atomic E-state index is 13.0. The molecule has 5 nitrogen and oxygen atoms in total. The molecule has 1 aromatic carbocycles. The molecule has 5 N–H and O–H groups in total. The monoisotopic (exact) mass is 287 g/mol. The van der Waals surface area contributed by atoms with Crippen LogP contribution in [0.2, 0.25) is 10.0 Å². The Kier molecular flexibility index (Phi) is 3.40. The molecule has 2 aromatic rings. The van der Waals surface area contributed by atoms with Gasteiger partial charge in [-0.05, 0) is 12.1 Å². The fourth-order valence-electron chi connectivity index (χ4n) is 1.34. The summed E-state index contributed by atoms with van der Waals surface area (Å²) >= 11 is 11.7. The summed E-state index contributed by atoms with van der Waals surface area (Å²) in [5.74, 6) is -0.0149. The van der Waals surface area contributed by atoms with Crippen LogP contribution >= 0.6 is 23.2 Å². The van der Waals surface area contributed by atoms with Crippen LogP contribution in [0.1, 0.15) is 0 Å². The van der Waals surface area contributed by atoms with Crippen LogP contribution in [0.15, 0.2) is 18.2 Å². The summed E-state index contributed by atoms with van der Waals surface area (Å²) in [4.78, 5) is 7.61. The van der Waals surface area contributed by atoms with Gasteiger partial charge in [-0.25, -0.2) is 4.39 Å². The van der Waals surface area contributed by atoms with Crippen LogP contribution in [0, 0.1) is 5.82 Å². The molecule has 1 heterocycles. The molecule has 0 spiro atoms. The van der Waals surface area contributed by atoms with Gasteiger partial charge in [0, 0.05) is 6.07 Å². The molecule has 0 bridgehead atoms. The summed E-state index contributed by atoms with van der Waals surface area (Å²) in [5.41, 5.74) is 11.3. The number of halogens is 3. The summed E-state index contributed by atoms with van der Waals surface area (Å²) in [6, 6.07) is 3.71. The van der Waals surface area contributed by atoms with Crippen molar-refractivity contribution in [1.82, 2.24) is 9.97 Å². The first-order chi connectivity index (χ1) is 8.45. The van der Waals surface area contributed by atoms with Gasteiger partial charge in [0.25, 0.3) is 0 Å². The van der Waals surface area contributed by atoms with Crippen LogP contribution in [0.25, 0.3) is 0 Å². The number of nitrogens with one attached hydrogen (secondary N) is 1. The summed E-state index contributed by atoms with van der Waals surface area (Å²) in [6.45, 7) is 0. The van der Waals surface area contributed by atoms with E-state index in [2.05, 4.69) is 15.3 Å². The normalized spacial score (nSPS) is 10.4. The van der Waals surface area contributed by atoms with Gasteiger partial charge in [0.1, 0.15) is 17.5 Å². The molecule has 2 rings (SSSR count). The highest BCUT2D eigenvalue weighted by Crippen LogP contribution is 2.33. The molecule has 18 heavy (non-hydrogen) atoms. The lowest BCUT2D eigenvalue weighted by molar-refractivity contribution is 0.628. The number of anilines is 4. The Balaban J connectivity index is 2.40. The van der Waals surface area contributed by atoms with Crippen molar-refractivity contribution in [2.45, 2.75) is 0 Å². The Morgan fingerprint density at radius 1 is 1.06 bits per heavy atom. The van der Waals surface area contributed by atoms with E-state index in [-0.39, 0.29) is 21.8 Å². The predicted octanol–water partition coefficient (Wildman–Crippen LogP) is 2.83. The van der Waals surface area contributed by atoms with Gasteiger partial charge in [-0.2, -0.15) is 9.97 Å². The number of nitrogens with two attached hydrogens (primary N) is 2. The minimum absolute atomic E-state index is 0.00635. The van der Waals surface area contributed by atoms with E-state index >= 15 is 0 Å². The Morgan fingerprint density at radius 3 is 2.22 bits per heavy atom. The van der Waals surface area contributed by atoms with E-state index in [1.165, 1.54) is 6.07 Å². The Bertz CT molecular complexity index is 562. The van der Waals surface area contributed by atoms with Crippen LogP contribution in [0.5, 0.6) is 0 Å². The Labute approximate surface area is 112 Å². The van der Waals surface area contributed by atoms with E-state index in [4.69, 9.17) is 34.7 Å². The van der Waals surface area contributed by atoms with E-state index in [9.17, 15) is 4.39 Å². The number of rotatable bonds is 2. The summed E-state index contributed by atoms with van der Waals surface area (Å²) < 4.78 is 13.0. The largest absolute Gasteiger partial charge is 0.383 e. The maximum Gasteiger partial charge on any atom is 0.223 e. The van der Waals surface area contributed by atoms with Gasteiger partial charge in [0.2, 0.25) is 5.95 Å². The van der Waals surface area contributed by atoms with Gasteiger partial charge in [-0.3, -0.25) is 0 Å². The van der Waals surface area contributed by atoms with Gasteiger partial charge in [0.15, 0.2) is 0 Å². The van der Waals surface area contributed by atoms with E-state index in [1.807, 2.05) is 0 Å². The molecule has 0 aliphatic rings. The van der Waals surface area contributed by atoms with Crippen molar-refractivity contribution in [1.29, 1.82) is 0 Å². The van der Waals surface area contributed by atoms with Crippen molar-refractivity contribution in [3.05, 3.63) is 34.1 Å². The smallest absolute Gasteiger partial charge is 0.223 e. The third-order valence-electron chi connectivity index (χ3n) is 2.02. The highest BCUT2D eigenvalue weighted by molar-refractivity contribution is 6.39. The molecule has 0 radical (unpaired) electrons. The topological polar surface area (TPSA) is 89.8 Å². The third kappa shape index (κ3) is 2.72. The number of hydrogen-bond acceptors (Lipinski definition) is 5. The van der Waals surface area contributed by atoms with E-state index < -0.39 is 5.82 Å². The predicted molar refractivity (Wildman–Crippen MR) is 70.6 cm³/mol. The van der Waals surface area contributed by atoms with Gasteiger partial charge < -0.3 is 16.8 Å². The molecular weight excluding hydrogens is 280 g/mol. The molecule has 0 aliphatic heterocycles. The zero-order valence-electron chi connectivity index (χ0n) is 8.92. The van der Waals surface area contributed by atoms with Crippen molar-refractivity contribution in [2.75, 3.05) is 16.8 Å². The van der Waals surface area contributed by atoms with E-state index in [0.717, 1.165) is 12.1 Å². The second-order valence-electron chi connectivity index (χ2n) is 3.41. The van der Waals surface area contributed by atoms with Gasteiger partial charge in [-0.15, -0.1) is 0 Å². The zero-order chi connectivity index (χ0) is 13.3. The Hall–Kier alpha value is -1.79. The fourth-order valence-corrected chi connectivity index (χ4v) is 1.89. The van der Waals surface area contributed by atoms with Crippen molar-refractivity contribution in [3.63, 3.8) is 0 Å². The molecular formula is C10H8Cl2FN5. The molecule has 0 unspecified atom stereocenters. The van der Waals surface area contributed by atoms with Crippen molar-refractivity contribution in [3.8, 4) is 0 Å². The first kappa shape index (κ1) is 12.7. The molecule has 0 saturated heterocycles. The minimum Gasteiger partial charge on any atom is -0.383 e. The van der Waals surface area contributed by atoms with Crippen LogP contribution < -0.4 is 16.8 Å². The second kappa shape index (κ2) is 4.83. The summed E-state index contributed by atoms with van der Waals surface area (Å²) in [5, 5.41) is 3.05. The van der Waals surface area contributed by atoms with E-state index in [0.29, 0.717) is 11.5 Å². The highest BCUT2D eigenvalue weighted by atomic mass is 35.5. The molecule has 1 aromatic heterocycles. The standard InChI is InChI=1S/C10H8Cl2FN5/c11-5-1-4(13)2-6(12)9(5)17-8-3-7(14)16-10(15)18-8/h1-3H,(H5,14,15,16,17,18). The van der Waals surface area contributed by atoms with Gasteiger partial charge in [0.05, 0.1) is 15.7 Å². The summed E-state index contributed by atoms with van der Waals surface area (Å²) in [6.07, 6.45) is 0. The maximum atomic E-state index is 13.0. The second-order valence-corrected chi connectivity index (χ2v) is 4.22. The van der Waals surface area contributed by atoms with Crippen LogP contribution in [-0.4, -0.2) is 9.97 Å². The average Bonchev–Trinajstić information content (AvgIpc) is 2.22. The number of benzene rings is 1. The van der Waals surface area contributed by atoms with Crippen LogP contribution in [0.3, 0.4) is 0 Å². The number of nitrogen functional groups attached to an aromatic ring is 2. The average molecular weight is 288 g/mol. The third-order valence-corrected chi connectivity index (χ3v) is 2.62. The number of nitrogens with zero attached hydrogens (tertiary/aromatic N) is 2. The van der Waals surface area contributed by atoms with Crippen LogP contribution in [0.4, 0.5) is 27.7 Å². The van der Waals surface area contributed by atoms with E-state index in [1.54, 1.807) is 0 Å². The quantitative estimate of drug-likeness (QED) is 0.790. The van der Waals surface area contributed by atoms with Gasteiger partial charge in [-0.1, -0.05) is 23.2 Å².